The summed E-state index contributed by atoms with van der Waals surface area (Å²) in [7, 11) is -3.72. The van der Waals surface area contributed by atoms with Crippen LogP contribution in [0.1, 0.15) is 20.8 Å². The van der Waals surface area contributed by atoms with Crippen molar-refractivity contribution in [1.82, 2.24) is 0 Å². The van der Waals surface area contributed by atoms with Crippen molar-refractivity contribution in [2.75, 3.05) is 0 Å². The first-order chi connectivity index (χ1) is 5.91. The van der Waals surface area contributed by atoms with Crippen LogP contribution in [-0.2, 0) is 8.23 Å². The molecule has 0 unspecified atom stereocenters. The molecule has 5 heteroatoms. The van der Waals surface area contributed by atoms with Crippen LogP contribution in [0.25, 0.3) is 0 Å². The van der Waals surface area contributed by atoms with Crippen LogP contribution in [0.4, 0.5) is 0 Å². The molecule has 0 spiro atoms. The lowest BCUT2D eigenvalue weighted by Crippen LogP contribution is -2.46. The quantitative estimate of drug-likeness (QED) is 0.715. The van der Waals surface area contributed by atoms with E-state index in [-0.39, 0.29) is 0 Å². The van der Waals surface area contributed by atoms with Crippen molar-refractivity contribution in [2.45, 2.75) is 58.5 Å². The molecule has 0 aliphatic heterocycles. The van der Waals surface area contributed by atoms with Crippen molar-refractivity contribution in [3.63, 3.8) is 0 Å². The zero-order valence-corrected chi connectivity index (χ0v) is 14.4. The van der Waals surface area contributed by atoms with Gasteiger partial charge in [0.05, 0.1) is 0 Å². The number of hydrogen-bond acceptors (Lipinski definition) is 2. The molecule has 0 aliphatic carbocycles. The molecule has 0 aliphatic rings. The van der Waals surface area contributed by atoms with Crippen LogP contribution in [0.2, 0.25) is 37.8 Å². The molecule has 2 nitrogen and oxygen atoms in total. The summed E-state index contributed by atoms with van der Waals surface area (Å²) in [5.74, 6) is 0. The fraction of sp³-hybridized carbons (Fsp3) is 1.00. The maximum Gasteiger partial charge on any atom is 0.310 e. The minimum Gasteiger partial charge on any atom is -0.442 e. The number of hydrogen-bond donors (Lipinski definition) is 0. The largest absolute Gasteiger partial charge is 0.442 e. The Morgan fingerprint density at radius 3 is 1.64 bits per heavy atom. The van der Waals surface area contributed by atoms with Gasteiger partial charge in [0.25, 0.3) is 0 Å². The van der Waals surface area contributed by atoms with Crippen LogP contribution in [0.5, 0.6) is 0 Å². The van der Waals surface area contributed by atoms with Crippen LogP contribution in [0.3, 0.4) is 0 Å². The molecule has 0 aromatic rings. The number of rotatable bonds is 4. The van der Waals surface area contributed by atoms with Gasteiger partial charge in [-0.1, -0.05) is 20.8 Å². The van der Waals surface area contributed by atoms with Crippen LogP contribution in [0, 0.1) is 0 Å². The van der Waals surface area contributed by atoms with E-state index in [2.05, 4.69) is 53.5 Å². The molecule has 0 saturated carbocycles. The second-order valence-electron chi connectivity index (χ2n) is 6.46. The zero-order chi connectivity index (χ0) is 11.6. The van der Waals surface area contributed by atoms with Gasteiger partial charge in [0.1, 0.15) is 0 Å². The Kier molecular flexibility index (Phi) is 4.80. The zero-order valence-electron chi connectivity index (χ0n) is 11.0. The Hall–Kier alpha value is 0.571. The second-order valence-corrected chi connectivity index (χ2v) is 17.9. The minimum atomic E-state index is -1.83. The fourth-order valence-electron chi connectivity index (χ4n) is 1.16. The molecular formula is C9H26O2Si3. The molecule has 0 radical (unpaired) electrons. The Morgan fingerprint density at radius 1 is 0.929 bits per heavy atom. The predicted octanol–water partition coefficient (Wildman–Crippen LogP) is 2.86. The summed E-state index contributed by atoms with van der Waals surface area (Å²) in [6.45, 7) is 17.8. The Morgan fingerprint density at radius 2 is 1.36 bits per heavy atom. The van der Waals surface area contributed by atoms with Crippen molar-refractivity contribution in [2.24, 2.45) is 0 Å². The van der Waals surface area contributed by atoms with Gasteiger partial charge in [0, 0.05) is 0 Å². The van der Waals surface area contributed by atoms with Gasteiger partial charge in [-0.2, -0.15) is 0 Å². The molecule has 0 rings (SSSR count). The van der Waals surface area contributed by atoms with Crippen molar-refractivity contribution >= 4 is 26.6 Å². The highest BCUT2D eigenvalue weighted by Gasteiger charge is 2.32. The topological polar surface area (TPSA) is 18.5 Å². The van der Waals surface area contributed by atoms with Gasteiger partial charge in [-0.15, -0.1) is 0 Å². The van der Waals surface area contributed by atoms with E-state index in [1.165, 1.54) is 0 Å². The van der Waals surface area contributed by atoms with Gasteiger partial charge in [-0.3, -0.25) is 0 Å². The maximum absolute atomic E-state index is 6.11. The van der Waals surface area contributed by atoms with Crippen LogP contribution < -0.4 is 0 Å². The molecule has 0 bridgehead atoms. The average molecular weight is 251 g/mol. The van der Waals surface area contributed by atoms with Gasteiger partial charge in [0.15, 0.2) is 18.1 Å². The van der Waals surface area contributed by atoms with Gasteiger partial charge in [-0.25, -0.2) is 0 Å². The average Bonchev–Trinajstić information content (AvgIpc) is 1.76. The first kappa shape index (κ1) is 14.6. The molecule has 0 aromatic carbocycles. The van der Waals surface area contributed by atoms with Crippen molar-refractivity contribution in [1.29, 1.82) is 0 Å². The van der Waals surface area contributed by atoms with Gasteiger partial charge in [0.2, 0.25) is 0 Å². The molecular weight excluding hydrogens is 224 g/mol. The van der Waals surface area contributed by atoms with Gasteiger partial charge < -0.3 is 8.23 Å². The Bertz CT molecular complexity index is 179. The lowest BCUT2D eigenvalue weighted by atomic mass is 10.3. The third kappa shape index (κ3) is 9.14. The monoisotopic (exact) mass is 250 g/mol. The second kappa shape index (κ2) is 4.61. The van der Waals surface area contributed by atoms with Crippen molar-refractivity contribution in [3.8, 4) is 0 Å². The molecule has 86 valence electrons. The standard InChI is InChI=1S/C9H26O2Si3/c1-9(2,3)12-10-14(7,8)11-13(4,5)6/h12H2,1-8H3. The SMILES string of the molecule is CC(C)(C)[SiH2]O[Si](C)(C)O[Si](C)(C)C. The van der Waals surface area contributed by atoms with E-state index in [1.54, 1.807) is 0 Å². The third-order valence-corrected chi connectivity index (χ3v) is 10.0. The maximum atomic E-state index is 6.11. The highest BCUT2D eigenvalue weighted by molar-refractivity contribution is 6.83. The molecule has 0 fully saturated rings. The summed E-state index contributed by atoms with van der Waals surface area (Å²) in [4.78, 5) is 0. The lowest BCUT2D eigenvalue weighted by molar-refractivity contribution is 0.398. The van der Waals surface area contributed by atoms with Crippen molar-refractivity contribution in [3.05, 3.63) is 0 Å². The molecule has 0 saturated heterocycles. The van der Waals surface area contributed by atoms with E-state index >= 15 is 0 Å². The summed E-state index contributed by atoms with van der Waals surface area (Å²) in [5.41, 5.74) is 0. The molecule has 14 heavy (non-hydrogen) atoms. The first-order valence-corrected chi connectivity index (χ1v) is 12.8. The van der Waals surface area contributed by atoms with E-state index in [1.807, 2.05) is 0 Å². The summed E-state index contributed by atoms with van der Waals surface area (Å²) in [6, 6.07) is 0. The fourth-order valence-corrected chi connectivity index (χ4v) is 10.9. The predicted molar refractivity (Wildman–Crippen MR) is 71.3 cm³/mol. The Balaban J connectivity index is 4.09. The smallest absolute Gasteiger partial charge is 0.310 e. The van der Waals surface area contributed by atoms with E-state index in [4.69, 9.17) is 8.23 Å². The lowest BCUT2D eigenvalue weighted by Gasteiger charge is -2.33. The van der Waals surface area contributed by atoms with Gasteiger partial charge >= 0.3 is 8.56 Å². The van der Waals surface area contributed by atoms with Gasteiger partial charge in [-0.05, 0) is 37.8 Å². The van der Waals surface area contributed by atoms with E-state index in [0.717, 1.165) is 0 Å². The Labute approximate surface area is 93.7 Å². The highest BCUT2D eigenvalue weighted by Crippen LogP contribution is 2.23. The van der Waals surface area contributed by atoms with Crippen molar-refractivity contribution < 1.29 is 8.23 Å². The highest BCUT2D eigenvalue weighted by atomic mass is 28.5. The molecule has 0 N–H and O–H groups in total. The molecule has 0 aromatic heterocycles. The minimum absolute atomic E-state index is 0.368. The summed E-state index contributed by atoms with van der Waals surface area (Å²) in [6.07, 6.45) is 0. The van der Waals surface area contributed by atoms with E-state index in [0.29, 0.717) is 5.04 Å². The summed E-state index contributed by atoms with van der Waals surface area (Å²) >= 11 is 0. The normalized spacial score (nSPS) is 15.4. The molecule has 0 heterocycles. The summed E-state index contributed by atoms with van der Waals surface area (Å²) in [5, 5.41) is 0.368. The molecule has 0 amide bonds. The van der Waals surface area contributed by atoms with E-state index in [9.17, 15) is 0 Å². The molecule has 0 atom stereocenters. The van der Waals surface area contributed by atoms with Crippen LogP contribution in [-0.4, -0.2) is 26.6 Å². The van der Waals surface area contributed by atoms with Crippen LogP contribution in [0.15, 0.2) is 0 Å². The first-order valence-electron chi connectivity index (χ1n) is 5.25. The third-order valence-electron chi connectivity index (χ3n) is 1.40. The van der Waals surface area contributed by atoms with Crippen LogP contribution >= 0.6 is 0 Å². The van der Waals surface area contributed by atoms with E-state index < -0.39 is 26.6 Å². The summed E-state index contributed by atoms with van der Waals surface area (Å²) < 4.78 is 12.2.